The van der Waals surface area contributed by atoms with E-state index in [1.807, 2.05) is 12.1 Å². The van der Waals surface area contributed by atoms with E-state index < -0.39 is 0 Å². The van der Waals surface area contributed by atoms with Gasteiger partial charge in [0.15, 0.2) is 0 Å². The van der Waals surface area contributed by atoms with Crippen molar-refractivity contribution in [1.82, 2.24) is 15.6 Å². The van der Waals surface area contributed by atoms with Crippen molar-refractivity contribution in [2.75, 3.05) is 6.54 Å². The van der Waals surface area contributed by atoms with E-state index in [9.17, 15) is 4.79 Å². The minimum atomic E-state index is -0.227. The highest BCUT2D eigenvalue weighted by Crippen LogP contribution is 2.20. The fourth-order valence-corrected chi connectivity index (χ4v) is 2.25. The molecular weight excluding hydrogens is 309 g/mol. The van der Waals surface area contributed by atoms with Gasteiger partial charge in [0.05, 0.1) is 0 Å². The van der Waals surface area contributed by atoms with Crippen molar-refractivity contribution in [2.24, 2.45) is 0 Å². The monoisotopic (exact) mass is 323 g/mol. The van der Waals surface area contributed by atoms with Gasteiger partial charge < -0.3 is 10.6 Å². The molecule has 4 nitrogen and oxygen atoms in total. The maximum Gasteiger partial charge on any atom is 0.315 e. The van der Waals surface area contributed by atoms with Crippen molar-refractivity contribution >= 4 is 29.2 Å². The fourth-order valence-electron chi connectivity index (χ4n) is 1.77. The van der Waals surface area contributed by atoms with Crippen molar-refractivity contribution in [2.45, 2.75) is 13.0 Å². The molecule has 2 amide bonds. The summed E-state index contributed by atoms with van der Waals surface area (Å²) in [6, 6.07) is 8.81. The maximum absolute atomic E-state index is 11.7. The Morgan fingerprint density at radius 3 is 2.57 bits per heavy atom. The third-order valence-corrected chi connectivity index (χ3v) is 3.49. The number of aromatic nitrogens is 1. The maximum atomic E-state index is 11.7. The molecule has 0 aliphatic rings. The Kier molecular flexibility index (Phi) is 5.84. The van der Waals surface area contributed by atoms with Crippen molar-refractivity contribution in [3.8, 4) is 0 Å². The molecule has 0 atom stereocenters. The molecule has 6 heteroatoms. The highest BCUT2D eigenvalue weighted by atomic mass is 35.5. The first-order chi connectivity index (χ1) is 10.1. The van der Waals surface area contributed by atoms with Crippen molar-refractivity contribution in [3.05, 3.63) is 63.9 Å². The summed E-state index contributed by atoms with van der Waals surface area (Å²) in [7, 11) is 0. The van der Waals surface area contributed by atoms with Crippen molar-refractivity contribution < 1.29 is 4.79 Å². The largest absolute Gasteiger partial charge is 0.338 e. The second-order valence-electron chi connectivity index (χ2n) is 4.45. The van der Waals surface area contributed by atoms with Crippen LogP contribution in [0.1, 0.15) is 11.1 Å². The van der Waals surface area contributed by atoms with Gasteiger partial charge >= 0.3 is 6.03 Å². The summed E-state index contributed by atoms with van der Waals surface area (Å²) >= 11 is 11.9. The second kappa shape index (κ2) is 7.86. The topological polar surface area (TPSA) is 54.0 Å². The molecule has 0 saturated heterocycles. The Balaban J connectivity index is 1.72. The number of hydrogen-bond donors (Lipinski definition) is 2. The molecule has 2 aromatic rings. The Morgan fingerprint density at radius 1 is 1.10 bits per heavy atom. The van der Waals surface area contributed by atoms with Gasteiger partial charge in [-0.2, -0.15) is 0 Å². The first kappa shape index (κ1) is 15.6. The molecular formula is C15H15Cl2N3O. The molecule has 0 spiro atoms. The molecule has 110 valence electrons. The average molecular weight is 324 g/mol. The number of benzene rings is 1. The van der Waals surface area contributed by atoms with Gasteiger partial charge in [0.2, 0.25) is 0 Å². The molecule has 1 heterocycles. The smallest absolute Gasteiger partial charge is 0.315 e. The highest BCUT2D eigenvalue weighted by Gasteiger charge is 2.04. The zero-order chi connectivity index (χ0) is 15.1. The zero-order valence-corrected chi connectivity index (χ0v) is 12.8. The van der Waals surface area contributed by atoms with Gasteiger partial charge in [-0.3, -0.25) is 4.98 Å². The van der Waals surface area contributed by atoms with E-state index in [1.165, 1.54) is 0 Å². The van der Waals surface area contributed by atoms with Gasteiger partial charge in [0, 0.05) is 35.5 Å². The van der Waals surface area contributed by atoms with Gasteiger partial charge in [0.25, 0.3) is 0 Å². The second-order valence-corrected chi connectivity index (χ2v) is 5.29. The van der Waals surface area contributed by atoms with E-state index >= 15 is 0 Å². The molecule has 0 aliphatic carbocycles. The minimum absolute atomic E-state index is 0.227. The first-order valence-electron chi connectivity index (χ1n) is 6.49. The first-order valence-corrected chi connectivity index (χ1v) is 7.25. The van der Waals surface area contributed by atoms with Crippen LogP contribution in [0.5, 0.6) is 0 Å². The van der Waals surface area contributed by atoms with E-state index in [2.05, 4.69) is 15.6 Å². The zero-order valence-electron chi connectivity index (χ0n) is 11.3. The number of hydrogen-bond acceptors (Lipinski definition) is 2. The van der Waals surface area contributed by atoms with Crippen LogP contribution in [-0.2, 0) is 13.0 Å². The van der Waals surface area contributed by atoms with Crippen LogP contribution < -0.4 is 10.6 Å². The summed E-state index contributed by atoms with van der Waals surface area (Å²) in [6.07, 6.45) is 4.23. The molecule has 0 radical (unpaired) electrons. The Morgan fingerprint density at radius 2 is 1.86 bits per heavy atom. The van der Waals surface area contributed by atoms with Crippen LogP contribution >= 0.6 is 23.2 Å². The summed E-state index contributed by atoms with van der Waals surface area (Å²) in [5, 5.41) is 6.66. The number of nitrogens with one attached hydrogen (secondary N) is 2. The minimum Gasteiger partial charge on any atom is -0.338 e. The standard InChI is InChI=1S/C15H15Cl2N3O/c16-13-2-1-12(14(17)9-13)10-20-15(21)19-8-5-11-3-6-18-7-4-11/h1-4,6-7,9H,5,8,10H2,(H2,19,20,21). The highest BCUT2D eigenvalue weighted by molar-refractivity contribution is 6.35. The third kappa shape index (κ3) is 5.25. The van der Waals surface area contributed by atoms with Gasteiger partial charge in [-0.1, -0.05) is 29.3 Å². The summed E-state index contributed by atoms with van der Waals surface area (Å²) in [6.45, 7) is 0.918. The van der Waals surface area contributed by atoms with Gasteiger partial charge in [-0.15, -0.1) is 0 Å². The normalized spacial score (nSPS) is 10.2. The Bertz CT molecular complexity index is 605. The van der Waals surface area contributed by atoms with Gasteiger partial charge in [-0.05, 0) is 41.8 Å². The summed E-state index contributed by atoms with van der Waals surface area (Å²) in [5.41, 5.74) is 1.95. The number of carbonyl (C=O) groups excluding carboxylic acids is 1. The summed E-state index contributed by atoms with van der Waals surface area (Å²) in [4.78, 5) is 15.6. The van der Waals surface area contributed by atoms with Gasteiger partial charge in [0.1, 0.15) is 0 Å². The lowest BCUT2D eigenvalue weighted by Gasteiger charge is -2.09. The molecule has 0 saturated carbocycles. The van der Waals surface area contributed by atoms with E-state index in [0.29, 0.717) is 23.1 Å². The number of nitrogens with zero attached hydrogens (tertiary/aromatic N) is 1. The van der Waals surface area contributed by atoms with Crippen LogP contribution in [0, 0.1) is 0 Å². The number of urea groups is 1. The lowest BCUT2D eigenvalue weighted by atomic mass is 10.2. The molecule has 0 aliphatic heterocycles. The number of carbonyl (C=O) groups is 1. The molecule has 0 unspecified atom stereocenters. The van der Waals surface area contributed by atoms with Crippen molar-refractivity contribution in [1.29, 1.82) is 0 Å². The number of halogens is 2. The lowest BCUT2D eigenvalue weighted by molar-refractivity contribution is 0.240. The number of rotatable bonds is 5. The third-order valence-electron chi connectivity index (χ3n) is 2.90. The number of amides is 2. The number of pyridine rings is 1. The van der Waals surface area contributed by atoms with Crippen LogP contribution in [0.3, 0.4) is 0 Å². The van der Waals surface area contributed by atoms with E-state index in [-0.39, 0.29) is 6.03 Å². The van der Waals surface area contributed by atoms with Crippen LogP contribution in [0.25, 0.3) is 0 Å². The van der Waals surface area contributed by atoms with Crippen LogP contribution in [-0.4, -0.2) is 17.6 Å². The molecule has 0 bridgehead atoms. The van der Waals surface area contributed by atoms with Crippen molar-refractivity contribution in [3.63, 3.8) is 0 Å². The SMILES string of the molecule is O=C(NCCc1ccncc1)NCc1ccc(Cl)cc1Cl. The van der Waals surface area contributed by atoms with Gasteiger partial charge in [-0.25, -0.2) is 4.79 Å². The van der Waals surface area contributed by atoms with Crippen LogP contribution in [0.15, 0.2) is 42.7 Å². The average Bonchev–Trinajstić information content (AvgIpc) is 2.47. The fraction of sp³-hybridized carbons (Fsp3) is 0.200. The van der Waals surface area contributed by atoms with Crippen LogP contribution in [0.4, 0.5) is 4.79 Å². The summed E-state index contributed by atoms with van der Waals surface area (Å²) < 4.78 is 0. The summed E-state index contributed by atoms with van der Waals surface area (Å²) in [5.74, 6) is 0. The quantitative estimate of drug-likeness (QED) is 0.885. The van der Waals surface area contributed by atoms with E-state index in [1.54, 1.807) is 30.6 Å². The molecule has 1 aromatic heterocycles. The van der Waals surface area contributed by atoms with E-state index in [0.717, 1.165) is 17.5 Å². The molecule has 21 heavy (non-hydrogen) atoms. The Hall–Kier alpha value is -1.78. The molecule has 0 fully saturated rings. The molecule has 2 rings (SSSR count). The lowest BCUT2D eigenvalue weighted by Crippen LogP contribution is -2.36. The predicted molar refractivity (Wildman–Crippen MR) is 84.6 cm³/mol. The Labute approximate surface area is 133 Å². The predicted octanol–water partition coefficient (Wildman–Crippen LogP) is 3.43. The molecule has 2 N–H and O–H groups in total. The van der Waals surface area contributed by atoms with Crippen LogP contribution in [0.2, 0.25) is 10.0 Å². The molecule has 1 aromatic carbocycles. The van der Waals surface area contributed by atoms with E-state index in [4.69, 9.17) is 23.2 Å².